The third-order valence-corrected chi connectivity index (χ3v) is 2.80. The maximum atomic E-state index is 5.66. The molecule has 3 nitrogen and oxygen atoms in total. The SMILES string of the molecule is CC(C)(CN)CCCn1cc(Br)cn1. The molecular formula is C10H18BrN3. The maximum absolute atomic E-state index is 5.66. The Morgan fingerprint density at radius 1 is 1.57 bits per heavy atom. The normalized spacial score (nSPS) is 12.0. The Kier molecular flexibility index (Phi) is 4.13. The van der Waals surface area contributed by atoms with Crippen molar-refractivity contribution in [3.63, 3.8) is 0 Å². The zero-order valence-corrected chi connectivity index (χ0v) is 10.4. The van der Waals surface area contributed by atoms with Gasteiger partial charge in [0.25, 0.3) is 0 Å². The summed E-state index contributed by atoms with van der Waals surface area (Å²) >= 11 is 3.37. The molecule has 1 rings (SSSR count). The number of rotatable bonds is 5. The number of halogens is 1. The first-order chi connectivity index (χ1) is 6.53. The van der Waals surface area contributed by atoms with Crippen LogP contribution in [0.4, 0.5) is 0 Å². The maximum Gasteiger partial charge on any atom is 0.0632 e. The van der Waals surface area contributed by atoms with Crippen molar-refractivity contribution in [2.45, 2.75) is 33.2 Å². The number of aromatic nitrogens is 2. The summed E-state index contributed by atoms with van der Waals surface area (Å²) in [6.07, 6.45) is 6.07. The van der Waals surface area contributed by atoms with Crippen LogP contribution in [0.3, 0.4) is 0 Å². The van der Waals surface area contributed by atoms with Gasteiger partial charge in [-0.25, -0.2) is 0 Å². The fourth-order valence-electron chi connectivity index (χ4n) is 1.28. The van der Waals surface area contributed by atoms with Crippen LogP contribution in [0.5, 0.6) is 0 Å². The lowest BCUT2D eigenvalue weighted by atomic mass is 9.88. The summed E-state index contributed by atoms with van der Waals surface area (Å²) in [5, 5.41) is 4.20. The molecule has 1 aromatic rings. The molecule has 1 heterocycles. The van der Waals surface area contributed by atoms with E-state index in [2.05, 4.69) is 34.9 Å². The number of nitrogens with zero attached hydrogens (tertiary/aromatic N) is 2. The van der Waals surface area contributed by atoms with Crippen molar-refractivity contribution in [1.82, 2.24) is 9.78 Å². The lowest BCUT2D eigenvalue weighted by Crippen LogP contribution is -2.23. The fraction of sp³-hybridized carbons (Fsp3) is 0.700. The second-order valence-corrected chi connectivity index (χ2v) is 5.31. The number of hydrogen-bond donors (Lipinski definition) is 1. The van der Waals surface area contributed by atoms with E-state index in [9.17, 15) is 0 Å². The van der Waals surface area contributed by atoms with Gasteiger partial charge in [-0.1, -0.05) is 13.8 Å². The van der Waals surface area contributed by atoms with Gasteiger partial charge in [-0.2, -0.15) is 5.10 Å². The zero-order valence-electron chi connectivity index (χ0n) is 8.83. The molecule has 0 fully saturated rings. The number of hydrogen-bond acceptors (Lipinski definition) is 2. The van der Waals surface area contributed by atoms with Crippen molar-refractivity contribution in [1.29, 1.82) is 0 Å². The van der Waals surface area contributed by atoms with Crippen molar-refractivity contribution >= 4 is 15.9 Å². The topological polar surface area (TPSA) is 43.8 Å². The molecule has 2 N–H and O–H groups in total. The molecule has 0 radical (unpaired) electrons. The van der Waals surface area contributed by atoms with E-state index in [1.807, 2.05) is 17.1 Å². The van der Waals surface area contributed by atoms with Crippen LogP contribution in [-0.2, 0) is 6.54 Å². The first-order valence-corrected chi connectivity index (χ1v) is 5.71. The summed E-state index contributed by atoms with van der Waals surface area (Å²) in [6, 6.07) is 0. The molecule has 0 aliphatic carbocycles. The van der Waals surface area contributed by atoms with Crippen LogP contribution in [-0.4, -0.2) is 16.3 Å². The molecular weight excluding hydrogens is 242 g/mol. The van der Waals surface area contributed by atoms with Gasteiger partial charge in [-0.05, 0) is 40.7 Å². The summed E-state index contributed by atoms with van der Waals surface area (Å²) in [5.74, 6) is 0. The predicted molar refractivity (Wildman–Crippen MR) is 62.0 cm³/mol. The highest BCUT2D eigenvalue weighted by Gasteiger charge is 2.14. The largest absolute Gasteiger partial charge is 0.330 e. The summed E-state index contributed by atoms with van der Waals surface area (Å²) in [6.45, 7) is 6.11. The van der Waals surface area contributed by atoms with Crippen LogP contribution in [0.2, 0.25) is 0 Å². The van der Waals surface area contributed by atoms with E-state index < -0.39 is 0 Å². The second kappa shape index (κ2) is 4.94. The van der Waals surface area contributed by atoms with Gasteiger partial charge in [-0.15, -0.1) is 0 Å². The predicted octanol–water partition coefficient (Wildman–Crippen LogP) is 2.41. The summed E-state index contributed by atoms with van der Waals surface area (Å²) < 4.78 is 2.99. The molecule has 0 saturated carbocycles. The molecule has 4 heteroatoms. The van der Waals surface area contributed by atoms with Gasteiger partial charge in [0.2, 0.25) is 0 Å². The Morgan fingerprint density at radius 3 is 2.79 bits per heavy atom. The van der Waals surface area contributed by atoms with Gasteiger partial charge >= 0.3 is 0 Å². The monoisotopic (exact) mass is 259 g/mol. The van der Waals surface area contributed by atoms with Gasteiger partial charge in [0, 0.05) is 12.7 Å². The highest BCUT2D eigenvalue weighted by molar-refractivity contribution is 9.10. The summed E-state index contributed by atoms with van der Waals surface area (Å²) in [7, 11) is 0. The van der Waals surface area contributed by atoms with E-state index in [1.165, 1.54) is 0 Å². The highest BCUT2D eigenvalue weighted by Crippen LogP contribution is 2.20. The van der Waals surface area contributed by atoms with Gasteiger partial charge in [0.15, 0.2) is 0 Å². The average molecular weight is 260 g/mol. The van der Waals surface area contributed by atoms with E-state index in [4.69, 9.17) is 5.73 Å². The molecule has 0 atom stereocenters. The minimum Gasteiger partial charge on any atom is -0.330 e. The van der Waals surface area contributed by atoms with Crippen molar-refractivity contribution < 1.29 is 0 Å². The Hall–Kier alpha value is -0.350. The van der Waals surface area contributed by atoms with Gasteiger partial charge in [0.05, 0.1) is 10.7 Å². The summed E-state index contributed by atoms with van der Waals surface area (Å²) in [5.41, 5.74) is 5.91. The highest BCUT2D eigenvalue weighted by atomic mass is 79.9. The van der Waals surface area contributed by atoms with E-state index in [1.54, 1.807) is 0 Å². The molecule has 1 aromatic heterocycles. The van der Waals surface area contributed by atoms with Crippen LogP contribution in [0, 0.1) is 5.41 Å². The standard InChI is InChI=1S/C10H18BrN3/c1-10(2,8-12)4-3-5-14-7-9(11)6-13-14/h6-7H,3-5,8,12H2,1-2H3. The van der Waals surface area contributed by atoms with E-state index in [0.717, 1.165) is 30.4 Å². The number of aryl methyl sites for hydroxylation is 1. The molecule has 0 saturated heterocycles. The molecule has 0 aromatic carbocycles. The van der Waals surface area contributed by atoms with Crippen molar-refractivity contribution in [2.24, 2.45) is 11.1 Å². The lowest BCUT2D eigenvalue weighted by molar-refractivity contribution is 0.324. The summed E-state index contributed by atoms with van der Waals surface area (Å²) in [4.78, 5) is 0. The van der Waals surface area contributed by atoms with Crippen LogP contribution in [0.15, 0.2) is 16.9 Å². The lowest BCUT2D eigenvalue weighted by Gasteiger charge is -2.21. The van der Waals surface area contributed by atoms with Crippen LogP contribution >= 0.6 is 15.9 Å². The molecule has 0 aliphatic heterocycles. The average Bonchev–Trinajstić information content (AvgIpc) is 2.51. The minimum absolute atomic E-state index is 0.254. The molecule has 0 unspecified atom stereocenters. The third kappa shape index (κ3) is 3.80. The van der Waals surface area contributed by atoms with E-state index in [0.29, 0.717) is 0 Å². The Bertz CT molecular complexity index is 281. The van der Waals surface area contributed by atoms with Crippen molar-refractivity contribution in [3.05, 3.63) is 16.9 Å². The number of nitrogens with two attached hydrogens (primary N) is 1. The van der Waals surface area contributed by atoms with E-state index >= 15 is 0 Å². The van der Waals surface area contributed by atoms with Crippen LogP contribution < -0.4 is 5.73 Å². The van der Waals surface area contributed by atoms with Crippen molar-refractivity contribution in [3.8, 4) is 0 Å². The van der Waals surface area contributed by atoms with E-state index in [-0.39, 0.29) is 5.41 Å². The fourth-order valence-corrected chi connectivity index (χ4v) is 1.61. The van der Waals surface area contributed by atoms with Gasteiger partial charge in [-0.3, -0.25) is 4.68 Å². The Morgan fingerprint density at radius 2 is 2.29 bits per heavy atom. The molecule has 0 amide bonds. The molecule has 80 valence electrons. The second-order valence-electron chi connectivity index (χ2n) is 4.39. The first kappa shape index (κ1) is 11.7. The Labute approximate surface area is 93.8 Å². The first-order valence-electron chi connectivity index (χ1n) is 4.91. The minimum atomic E-state index is 0.254. The smallest absolute Gasteiger partial charge is 0.0632 e. The third-order valence-electron chi connectivity index (χ3n) is 2.40. The van der Waals surface area contributed by atoms with Crippen molar-refractivity contribution in [2.75, 3.05) is 6.54 Å². The molecule has 14 heavy (non-hydrogen) atoms. The van der Waals surface area contributed by atoms with Gasteiger partial charge < -0.3 is 5.73 Å². The zero-order chi connectivity index (χ0) is 10.6. The molecule has 0 bridgehead atoms. The molecule has 0 spiro atoms. The quantitative estimate of drug-likeness (QED) is 0.883. The Balaban J connectivity index is 2.28. The van der Waals surface area contributed by atoms with Crippen LogP contribution in [0.1, 0.15) is 26.7 Å². The van der Waals surface area contributed by atoms with Gasteiger partial charge in [0.1, 0.15) is 0 Å². The van der Waals surface area contributed by atoms with Crippen LogP contribution in [0.25, 0.3) is 0 Å². The molecule has 0 aliphatic rings.